The predicted molar refractivity (Wildman–Crippen MR) is 60.1 cm³/mol. The van der Waals surface area contributed by atoms with Crippen LogP contribution in [0.1, 0.15) is 6.92 Å². The molecule has 0 fully saturated rings. The van der Waals surface area contributed by atoms with Gasteiger partial charge in [-0.25, -0.2) is 4.79 Å². The second-order valence-corrected chi connectivity index (χ2v) is 4.13. The molecule has 0 aliphatic carbocycles. The Balaban J connectivity index is 0. The lowest BCUT2D eigenvalue weighted by atomic mass is 10.4. The number of quaternary nitrogens is 1. The fraction of sp³-hybridized carbons (Fsp3) is 0.545. The molecular formula is C11H21NO3. The van der Waals surface area contributed by atoms with Crippen molar-refractivity contribution in [3.63, 3.8) is 0 Å². The van der Waals surface area contributed by atoms with Gasteiger partial charge < -0.3 is 16.6 Å². The van der Waals surface area contributed by atoms with E-state index in [-0.39, 0.29) is 13.2 Å². The van der Waals surface area contributed by atoms with Gasteiger partial charge in [-0.2, -0.15) is 0 Å². The monoisotopic (exact) mass is 215 g/mol. The van der Waals surface area contributed by atoms with Crippen LogP contribution in [0.5, 0.6) is 0 Å². The standard InChI is InChI=1S/C10H18NO3.CH3/c1-9(12)5-6-10(13)14-8-7-11(2,3)4;/h5-6H,7-8H2,1-4H3;1H3/q+1;-1/b6-5+;. The number of ether oxygens (including phenoxy) is 1. The minimum atomic E-state index is -0.464. The number of ketones is 1. The maximum atomic E-state index is 11.0. The van der Waals surface area contributed by atoms with Gasteiger partial charge in [0.1, 0.15) is 13.2 Å². The van der Waals surface area contributed by atoms with Crippen molar-refractivity contribution in [2.24, 2.45) is 0 Å². The lowest BCUT2D eigenvalue weighted by Crippen LogP contribution is -2.37. The van der Waals surface area contributed by atoms with Crippen LogP contribution in [0.25, 0.3) is 0 Å². The zero-order valence-electron chi connectivity index (χ0n) is 10.2. The van der Waals surface area contributed by atoms with E-state index >= 15 is 0 Å². The van der Waals surface area contributed by atoms with Gasteiger partial charge in [-0.05, 0) is 13.0 Å². The van der Waals surface area contributed by atoms with Gasteiger partial charge in [0.05, 0.1) is 21.1 Å². The third kappa shape index (κ3) is 12.8. The molecule has 0 atom stereocenters. The largest absolute Gasteiger partial charge is 0.457 e. The summed E-state index contributed by atoms with van der Waals surface area (Å²) in [6.45, 7) is 2.50. The minimum absolute atomic E-state index is 0. The first-order chi connectivity index (χ1) is 6.31. The number of carbonyl (C=O) groups excluding carboxylic acids is 2. The first-order valence-corrected chi connectivity index (χ1v) is 4.47. The SMILES string of the molecule is CC(=O)/C=C/C(=O)OCC[N+](C)(C)C.[CH3-]. The molecule has 0 aromatic rings. The summed E-state index contributed by atoms with van der Waals surface area (Å²) in [7, 11) is 6.04. The van der Waals surface area contributed by atoms with E-state index in [1.807, 2.05) is 21.1 Å². The van der Waals surface area contributed by atoms with Crippen LogP contribution in [0.4, 0.5) is 0 Å². The quantitative estimate of drug-likeness (QED) is 0.295. The topological polar surface area (TPSA) is 43.4 Å². The lowest BCUT2D eigenvalue weighted by molar-refractivity contribution is -0.870. The van der Waals surface area contributed by atoms with Gasteiger partial charge in [-0.3, -0.25) is 4.79 Å². The summed E-state index contributed by atoms with van der Waals surface area (Å²) in [5.74, 6) is -0.623. The molecule has 0 amide bonds. The molecule has 4 nitrogen and oxygen atoms in total. The molecule has 4 heteroatoms. The van der Waals surface area contributed by atoms with Crippen molar-refractivity contribution >= 4 is 11.8 Å². The highest BCUT2D eigenvalue weighted by Crippen LogP contribution is 1.90. The Bertz CT molecular complexity index is 239. The van der Waals surface area contributed by atoms with Gasteiger partial charge in [0.15, 0.2) is 5.78 Å². The Morgan fingerprint density at radius 1 is 1.20 bits per heavy atom. The number of hydrogen-bond acceptors (Lipinski definition) is 3. The molecule has 0 aromatic carbocycles. The molecular weight excluding hydrogens is 194 g/mol. The van der Waals surface area contributed by atoms with Crippen molar-refractivity contribution in [2.45, 2.75) is 6.92 Å². The van der Waals surface area contributed by atoms with Crippen molar-refractivity contribution < 1.29 is 18.8 Å². The summed E-state index contributed by atoms with van der Waals surface area (Å²) in [6, 6.07) is 0. The van der Waals surface area contributed by atoms with Crippen LogP contribution in [-0.4, -0.2) is 50.5 Å². The summed E-state index contributed by atoms with van der Waals surface area (Å²) in [4.78, 5) is 21.4. The van der Waals surface area contributed by atoms with Crippen LogP contribution >= 0.6 is 0 Å². The molecule has 0 bridgehead atoms. The van der Waals surface area contributed by atoms with E-state index in [0.717, 1.165) is 17.1 Å². The summed E-state index contributed by atoms with van der Waals surface area (Å²) >= 11 is 0. The normalized spacial score (nSPS) is 10.9. The van der Waals surface area contributed by atoms with Crippen LogP contribution in [0.3, 0.4) is 0 Å². The first kappa shape index (κ1) is 16.3. The molecule has 0 aliphatic rings. The summed E-state index contributed by atoms with van der Waals surface area (Å²) < 4.78 is 5.61. The van der Waals surface area contributed by atoms with Crippen molar-refractivity contribution in [3.05, 3.63) is 19.6 Å². The lowest BCUT2D eigenvalue weighted by Gasteiger charge is -2.23. The van der Waals surface area contributed by atoms with Gasteiger partial charge in [0.2, 0.25) is 0 Å². The first-order valence-electron chi connectivity index (χ1n) is 4.47. The fourth-order valence-corrected chi connectivity index (χ4v) is 0.654. The van der Waals surface area contributed by atoms with Crippen molar-refractivity contribution in [1.82, 2.24) is 0 Å². The zero-order valence-corrected chi connectivity index (χ0v) is 10.2. The number of allylic oxidation sites excluding steroid dienone is 1. The number of nitrogens with zero attached hydrogens (tertiary/aromatic N) is 1. The smallest absolute Gasteiger partial charge is 0.331 e. The van der Waals surface area contributed by atoms with E-state index in [4.69, 9.17) is 4.74 Å². The number of hydrogen-bond donors (Lipinski definition) is 0. The molecule has 15 heavy (non-hydrogen) atoms. The van der Waals surface area contributed by atoms with E-state index in [1.54, 1.807) is 0 Å². The van der Waals surface area contributed by atoms with Gasteiger partial charge in [-0.1, -0.05) is 0 Å². The molecule has 0 unspecified atom stereocenters. The predicted octanol–water partition coefficient (Wildman–Crippen LogP) is 0.831. The van der Waals surface area contributed by atoms with Crippen LogP contribution in [0.15, 0.2) is 12.2 Å². The maximum Gasteiger partial charge on any atom is 0.331 e. The molecule has 0 saturated carbocycles. The fourth-order valence-electron chi connectivity index (χ4n) is 0.654. The van der Waals surface area contributed by atoms with E-state index in [0.29, 0.717) is 6.61 Å². The second-order valence-electron chi connectivity index (χ2n) is 4.13. The molecule has 0 spiro atoms. The Hall–Kier alpha value is -1.16. The molecule has 0 aliphatic heterocycles. The molecule has 0 N–H and O–H groups in total. The highest BCUT2D eigenvalue weighted by Gasteiger charge is 2.07. The Labute approximate surface area is 92.1 Å². The van der Waals surface area contributed by atoms with E-state index in [1.165, 1.54) is 13.0 Å². The van der Waals surface area contributed by atoms with E-state index < -0.39 is 5.97 Å². The van der Waals surface area contributed by atoms with E-state index in [9.17, 15) is 9.59 Å². The summed E-state index contributed by atoms with van der Waals surface area (Å²) in [5, 5.41) is 0. The van der Waals surface area contributed by atoms with E-state index in [2.05, 4.69) is 0 Å². The van der Waals surface area contributed by atoms with Crippen molar-refractivity contribution in [1.29, 1.82) is 0 Å². The van der Waals surface area contributed by atoms with Crippen LogP contribution < -0.4 is 0 Å². The number of rotatable bonds is 5. The average Bonchev–Trinajstić information content (AvgIpc) is 1.98. The molecule has 0 radical (unpaired) electrons. The summed E-state index contributed by atoms with van der Waals surface area (Å²) in [5.41, 5.74) is 0. The van der Waals surface area contributed by atoms with Gasteiger partial charge in [0.25, 0.3) is 0 Å². The average molecular weight is 215 g/mol. The zero-order chi connectivity index (χ0) is 11.2. The van der Waals surface area contributed by atoms with Crippen molar-refractivity contribution in [3.8, 4) is 0 Å². The third-order valence-corrected chi connectivity index (χ3v) is 1.46. The highest BCUT2D eigenvalue weighted by atomic mass is 16.5. The Morgan fingerprint density at radius 2 is 1.73 bits per heavy atom. The minimum Gasteiger partial charge on any atom is -0.457 e. The molecule has 0 heterocycles. The molecule has 0 aromatic heterocycles. The molecule has 0 saturated heterocycles. The van der Waals surface area contributed by atoms with Gasteiger partial charge >= 0.3 is 5.97 Å². The summed E-state index contributed by atoms with van der Waals surface area (Å²) in [6.07, 6.45) is 2.35. The van der Waals surface area contributed by atoms with Crippen LogP contribution in [-0.2, 0) is 14.3 Å². The van der Waals surface area contributed by atoms with Crippen LogP contribution in [0.2, 0.25) is 0 Å². The Morgan fingerprint density at radius 3 is 2.13 bits per heavy atom. The maximum absolute atomic E-state index is 11.0. The Kier molecular flexibility index (Phi) is 7.78. The molecule has 0 rings (SSSR count). The number of esters is 1. The van der Waals surface area contributed by atoms with Crippen LogP contribution in [0, 0.1) is 7.43 Å². The number of likely N-dealkylation sites (N-methyl/N-ethyl adjacent to an activating group) is 1. The highest BCUT2D eigenvalue weighted by molar-refractivity contribution is 5.94. The van der Waals surface area contributed by atoms with Gasteiger partial charge in [-0.15, -0.1) is 0 Å². The van der Waals surface area contributed by atoms with Crippen molar-refractivity contribution in [2.75, 3.05) is 34.3 Å². The molecule has 88 valence electrons. The third-order valence-electron chi connectivity index (χ3n) is 1.46. The second kappa shape index (κ2) is 7.17. The number of carbonyl (C=O) groups is 2. The van der Waals surface area contributed by atoms with Gasteiger partial charge in [0, 0.05) is 6.08 Å².